The van der Waals surface area contributed by atoms with Crippen molar-refractivity contribution in [2.24, 2.45) is 5.92 Å². The number of carbonyl (C=O) groups excluding carboxylic acids is 1. The quantitative estimate of drug-likeness (QED) is 0.755. The molecule has 0 radical (unpaired) electrons. The van der Waals surface area contributed by atoms with Gasteiger partial charge in [-0.05, 0) is 45.8 Å². The van der Waals surface area contributed by atoms with Crippen molar-refractivity contribution in [2.75, 3.05) is 51.7 Å². The van der Waals surface area contributed by atoms with Crippen LogP contribution < -0.4 is 5.32 Å². The molecular formula is C14H25N5O2S. The van der Waals surface area contributed by atoms with E-state index in [0.29, 0.717) is 17.6 Å². The van der Waals surface area contributed by atoms with Gasteiger partial charge in [-0.3, -0.25) is 15.0 Å². The maximum Gasteiger partial charge on any atom is 0.240 e. The summed E-state index contributed by atoms with van der Waals surface area (Å²) in [5, 5.41) is 20.9. The van der Waals surface area contributed by atoms with Crippen molar-refractivity contribution in [3.63, 3.8) is 0 Å². The number of likely N-dealkylation sites (tertiary alicyclic amines) is 1. The number of carbonyl (C=O) groups is 1. The number of rotatable bonds is 7. The summed E-state index contributed by atoms with van der Waals surface area (Å²) < 4.78 is 0. The van der Waals surface area contributed by atoms with Crippen LogP contribution in [-0.4, -0.2) is 77.4 Å². The van der Waals surface area contributed by atoms with E-state index in [9.17, 15) is 4.79 Å². The van der Waals surface area contributed by atoms with Crippen LogP contribution in [0.25, 0.3) is 0 Å². The third-order valence-corrected chi connectivity index (χ3v) is 4.63. The molecule has 1 aromatic rings. The molecule has 1 saturated heterocycles. The first-order valence-corrected chi connectivity index (χ1v) is 8.50. The van der Waals surface area contributed by atoms with E-state index in [1.807, 2.05) is 14.0 Å². The van der Waals surface area contributed by atoms with Gasteiger partial charge in [0.25, 0.3) is 0 Å². The Morgan fingerprint density at radius 2 is 2.18 bits per heavy atom. The largest absolute Gasteiger partial charge is 0.395 e. The Kier molecular flexibility index (Phi) is 6.69. The lowest BCUT2D eigenvalue weighted by Gasteiger charge is -2.33. The molecule has 0 saturated carbocycles. The highest BCUT2D eigenvalue weighted by Gasteiger charge is 2.20. The Morgan fingerprint density at radius 3 is 2.77 bits per heavy atom. The third kappa shape index (κ3) is 5.60. The number of aliphatic hydroxyl groups is 1. The van der Waals surface area contributed by atoms with E-state index < -0.39 is 0 Å². The fourth-order valence-corrected chi connectivity index (χ4v) is 3.40. The second-order valence-electron chi connectivity index (χ2n) is 5.88. The fraction of sp³-hybridized carbons (Fsp3) is 0.786. The summed E-state index contributed by atoms with van der Waals surface area (Å²) in [6.07, 6.45) is 2.25. The molecule has 7 nitrogen and oxygen atoms in total. The highest BCUT2D eigenvalue weighted by Crippen LogP contribution is 2.18. The van der Waals surface area contributed by atoms with Gasteiger partial charge in [0.1, 0.15) is 5.01 Å². The minimum atomic E-state index is -0.0450. The molecule has 0 spiro atoms. The first-order valence-electron chi connectivity index (χ1n) is 7.68. The summed E-state index contributed by atoms with van der Waals surface area (Å²) in [7, 11) is 1.98. The Balaban J connectivity index is 1.67. The lowest BCUT2D eigenvalue weighted by molar-refractivity contribution is -0.117. The number of aryl methyl sites for hydroxylation is 1. The van der Waals surface area contributed by atoms with Crippen LogP contribution >= 0.6 is 11.3 Å². The minimum absolute atomic E-state index is 0.0450. The van der Waals surface area contributed by atoms with Gasteiger partial charge in [-0.2, -0.15) is 0 Å². The average Bonchev–Trinajstić information content (AvgIpc) is 2.86. The molecule has 2 rings (SSSR count). The maximum atomic E-state index is 12.0. The molecule has 1 aliphatic heterocycles. The first kappa shape index (κ1) is 17.3. The van der Waals surface area contributed by atoms with Gasteiger partial charge in [0, 0.05) is 13.1 Å². The van der Waals surface area contributed by atoms with E-state index in [1.165, 1.54) is 11.3 Å². The van der Waals surface area contributed by atoms with Crippen LogP contribution in [0.4, 0.5) is 5.13 Å². The number of anilines is 1. The average molecular weight is 327 g/mol. The molecule has 1 aliphatic rings. The van der Waals surface area contributed by atoms with Gasteiger partial charge in [0.15, 0.2) is 0 Å². The zero-order valence-corrected chi connectivity index (χ0v) is 14.1. The van der Waals surface area contributed by atoms with Gasteiger partial charge in [-0.1, -0.05) is 11.3 Å². The topological polar surface area (TPSA) is 81.6 Å². The maximum absolute atomic E-state index is 12.0. The van der Waals surface area contributed by atoms with E-state index in [4.69, 9.17) is 5.11 Å². The molecule has 2 N–H and O–H groups in total. The van der Waals surface area contributed by atoms with Crippen molar-refractivity contribution in [3.8, 4) is 0 Å². The monoisotopic (exact) mass is 327 g/mol. The normalized spacial score (nSPS) is 17.1. The molecular weight excluding hydrogens is 302 g/mol. The fourth-order valence-electron chi connectivity index (χ4n) is 2.79. The second kappa shape index (κ2) is 8.52. The van der Waals surface area contributed by atoms with Gasteiger partial charge in [0.2, 0.25) is 11.0 Å². The van der Waals surface area contributed by atoms with Crippen molar-refractivity contribution in [2.45, 2.75) is 19.8 Å². The predicted octanol–water partition coefficient (Wildman–Crippen LogP) is 0.421. The minimum Gasteiger partial charge on any atom is -0.395 e. The van der Waals surface area contributed by atoms with Crippen LogP contribution in [0.2, 0.25) is 0 Å². The standard InChI is InChI=1S/C14H25N5O2S/c1-11-16-17-14(22-11)15-13(21)10-18(2)9-12-3-5-19(6-4-12)7-8-20/h12,20H,3-10H2,1-2H3,(H,15,17,21). The van der Waals surface area contributed by atoms with Crippen LogP contribution in [0, 0.1) is 12.8 Å². The Labute approximate surface area is 135 Å². The SMILES string of the molecule is Cc1nnc(NC(=O)CN(C)CC2CCN(CCO)CC2)s1. The summed E-state index contributed by atoms with van der Waals surface area (Å²) >= 11 is 1.39. The smallest absolute Gasteiger partial charge is 0.240 e. The van der Waals surface area contributed by atoms with E-state index >= 15 is 0 Å². The molecule has 2 heterocycles. The number of nitrogens with zero attached hydrogens (tertiary/aromatic N) is 4. The van der Waals surface area contributed by atoms with Crippen molar-refractivity contribution in [1.29, 1.82) is 0 Å². The molecule has 0 atom stereocenters. The summed E-state index contributed by atoms with van der Waals surface area (Å²) in [6, 6.07) is 0. The van der Waals surface area contributed by atoms with Crippen LogP contribution in [0.15, 0.2) is 0 Å². The summed E-state index contributed by atoms with van der Waals surface area (Å²) in [6.45, 7) is 6.24. The van der Waals surface area contributed by atoms with Crippen LogP contribution in [0.5, 0.6) is 0 Å². The number of nitrogens with one attached hydrogen (secondary N) is 1. The highest BCUT2D eigenvalue weighted by molar-refractivity contribution is 7.15. The molecule has 1 amide bonds. The Bertz CT molecular complexity index is 474. The molecule has 0 unspecified atom stereocenters. The summed E-state index contributed by atoms with van der Waals surface area (Å²) in [4.78, 5) is 16.3. The lowest BCUT2D eigenvalue weighted by atomic mass is 9.96. The number of amides is 1. The van der Waals surface area contributed by atoms with E-state index in [0.717, 1.165) is 44.0 Å². The van der Waals surface area contributed by atoms with Crippen LogP contribution in [-0.2, 0) is 4.79 Å². The van der Waals surface area contributed by atoms with Gasteiger partial charge in [0.05, 0.1) is 13.2 Å². The number of hydrogen-bond acceptors (Lipinski definition) is 7. The summed E-state index contributed by atoms with van der Waals surface area (Å²) in [5.74, 6) is 0.577. The van der Waals surface area contributed by atoms with Gasteiger partial charge in [-0.25, -0.2) is 0 Å². The Morgan fingerprint density at radius 1 is 1.45 bits per heavy atom. The second-order valence-corrected chi connectivity index (χ2v) is 7.06. The van der Waals surface area contributed by atoms with Crippen molar-refractivity contribution >= 4 is 22.4 Å². The predicted molar refractivity (Wildman–Crippen MR) is 87.0 cm³/mol. The third-order valence-electron chi connectivity index (χ3n) is 3.88. The van der Waals surface area contributed by atoms with Gasteiger partial charge >= 0.3 is 0 Å². The van der Waals surface area contributed by atoms with Crippen molar-refractivity contribution in [3.05, 3.63) is 5.01 Å². The van der Waals surface area contributed by atoms with Gasteiger partial charge < -0.3 is 10.0 Å². The zero-order chi connectivity index (χ0) is 15.9. The van der Waals surface area contributed by atoms with E-state index in [-0.39, 0.29) is 12.5 Å². The van der Waals surface area contributed by atoms with Crippen molar-refractivity contribution in [1.82, 2.24) is 20.0 Å². The van der Waals surface area contributed by atoms with Crippen LogP contribution in [0.3, 0.4) is 0 Å². The number of piperidine rings is 1. The van der Waals surface area contributed by atoms with Crippen LogP contribution in [0.1, 0.15) is 17.8 Å². The first-order chi connectivity index (χ1) is 10.6. The number of likely N-dealkylation sites (N-methyl/N-ethyl adjacent to an activating group) is 1. The van der Waals surface area contributed by atoms with E-state index in [1.54, 1.807) is 0 Å². The molecule has 124 valence electrons. The Hall–Kier alpha value is -1.09. The highest BCUT2D eigenvalue weighted by atomic mass is 32.1. The number of aromatic nitrogens is 2. The lowest BCUT2D eigenvalue weighted by Crippen LogP contribution is -2.40. The number of β-amino-alcohol motifs (C(OH)–C–C–N with tert-alkyl or cyclic N) is 1. The van der Waals surface area contributed by atoms with Crippen molar-refractivity contribution < 1.29 is 9.90 Å². The molecule has 22 heavy (non-hydrogen) atoms. The molecule has 0 aromatic carbocycles. The molecule has 1 aromatic heterocycles. The molecule has 0 bridgehead atoms. The molecule has 1 fully saturated rings. The van der Waals surface area contributed by atoms with Gasteiger partial charge in [-0.15, -0.1) is 10.2 Å². The molecule has 8 heteroatoms. The zero-order valence-electron chi connectivity index (χ0n) is 13.3. The van der Waals surface area contributed by atoms with E-state index in [2.05, 4.69) is 25.3 Å². The summed E-state index contributed by atoms with van der Waals surface area (Å²) in [5.41, 5.74) is 0. The number of aliphatic hydroxyl groups excluding tert-OH is 1. The molecule has 0 aliphatic carbocycles. The number of hydrogen-bond donors (Lipinski definition) is 2.